The molecular weight excluding hydrogens is 449 g/mol. The first-order chi connectivity index (χ1) is 15.5. The van der Waals surface area contributed by atoms with E-state index < -0.39 is 18.0 Å². The molecule has 3 aromatic rings. The van der Waals surface area contributed by atoms with Crippen molar-refractivity contribution in [3.05, 3.63) is 77.5 Å². The molecule has 0 saturated heterocycles. The van der Waals surface area contributed by atoms with Crippen molar-refractivity contribution < 1.29 is 18.3 Å². The van der Waals surface area contributed by atoms with E-state index in [1.165, 1.54) is 23.9 Å². The molecule has 0 spiro atoms. The lowest BCUT2D eigenvalue weighted by Gasteiger charge is -2.37. The first-order valence-corrected chi connectivity index (χ1v) is 11.4. The fourth-order valence-electron chi connectivity index (χ4n) is 3.86. The highest BCUT2D eigenvalue weighted by atomic mass is 32.2. The first kappa shape index (κ1) is 23.7. The number of aromatic nitrogens is 1. The number of nitrogens with zero attached hydrogens (tertiary/aromatic N) is 2. The largest absolute Gasteiger partial charge is 0.416 e. The van der Waals surface area contributed by atoms with Crippen LogP contribution in [-0.4, -0.2) is 33.8 Å². The molecule has 5 nitrogen and oxygen atoms in total. The maximum absolute atomic E-state index is 13.0. The molecule has 33 heavy (non-hydrogen) atoms. The zero-order chi connectivity index (χ0) is 23.8. The van der Waals surface area contributed by atoms with Crippen LogP contribution in [0, 0.1) is 0 Å². The fraction of sp³-hybridized carbons (Fsp3) is 0.333. The van der Waals surface area contributed by atoms with Crippen LogP contribution in [0.3, 0.4) is 0 Å². The number of anilines is 1. The number of fused-ring (bicyclic) bond motifs is 1. The monoisotopic (exact) mass is 476 g/mol. The van der Waals surface area contributed by atoms with Crippen LogP contribution in [0.4, 0.5) is 18.9 Å². The van der Waals surface area contributed by atoms with Crippen LogP contribution in [0.1, 0.15) is 36.8 Å². The van der Waals surface area contributed by atoms with E-state index in [1.54, 1.807) is 12.1 Å². The van der Waals surface area contributed by atoms with Gasteiger partial charge in [-0.05, 0) is 43.7 Å². The van der Waals surface area contributed by atoms with Gasteiger partial charge in [-0.2, -0.15) is 13.2 Å². The molecule has 2 heterocycles. The molecule has 1 aromatic heterocycles. The number of alkyl halides is 3. The van der Waals surface area contributed by atoms with Crippen molar-refractivity contribution in [2.24, 2.45) is 0 Å². The molecule has 2 aromatic carbocycles. The summed E-state index contributed by atoms with van der Waals surface area (Å²) in [5, 5.41) is 17.2. The topological polar surface area (TPSA) is 52.5 Å². The highest BCUT2D eigenvalue weighted by molar-refractivity contribution is 7.99. The lowest BCUT2D eigenvalue weighted by atomic mass is 10.1. The van der Waals surface area contributed by atoms with Gasteiger partial charge in [0.05, 0.1) is 21.8 Å². The van der Waals surface area contributed by atoms with E-state index in [1.807, 2.05) is 54.9 Å². The molecule has 176 valence electrons. The molecule has 1 atom stereocenters. The van der Waals surface area contributed by atoms with Crippen LogP contribution in [-0.2, 0) is 12.7 Å². The zero-order valence-electron chi connectivity index (χ0n) is 18.6. The molecule has 3 N–H and O–H groups in total. The number of benzene rings is 2. The Labute approximate surface area is 195 Å². The Bertz CT molecular complexity index is 1100. The van der Waals surface area contributed by atoms with Crippen molar-refractivity contribution in [2.45, 2.75) is 48.3 Å². The summed E-state index contributed by atoms with van der Waals surface area (Å²) in [6, 6.07) is 15.0. The van der Waals surface area contributed by atoms with Crippen molar-refractivity contribution in [2.75, 3.05) is 18.9 Å². The summed E-state index contributed by atoms with van der Waals surface area (Å²) < 4.78 is 40.9. The molecule has 1 unspecified atom stereocenters. The van der Waals surface area contributed by atoms with Crippen molar-refractivity contribution in [1.82, 2.24) is 15.0 Å². The maximum atomic E-state index is 13.0. The molecule has 0 bridgehead atoms. The van der Waals surface area contributed by atoms with Crippen molar-refractivity contribution in [3.63, 3.8) is 0 Å². The van der Waals surface area contributed by atoms with Crippen LogP contribution in [0.2, 0.25) is 0 Å². The van der Waals surface area contributed by atoms with Gasteiger partial charge in [0.1, 0.15) is 6.23 Å². The Morgan fingerprint density at radius 1 is 1.09 bits per heavy atom. The minimum absolute atomic E-state index is 0.296. The quantitative estimate of drug-likeness (QED) is 0.475. The number of rotatable bonds is 4. The Hall–Kier alpha value is -2.46. The third kappa shape index (κ3) is 5.38. The van der Waals surface area contributed by atoms with Crippen LogP contribution >= 0.6 is 11.8 Å². The summed E-state index contributed by atoms with van der Waals surface area (Å²) in [5.74, 6) is 0. The normalized spacial score (nSPS) is 18.8. The molecule has 0 radical (unpaired) electrons. The van der Waals surface area contributed by atoms with Crippen molar-refractivity contribution in [3.8, 4) is 0 Å². The van der Waals surface area contributed by atoms with E-state index in [9.17, 15) is 18.3 Å². The summed E-state index contributed by atoms with van der Waals surface area (Å²) in [7, 11) is 1.80. The Balaban J connectivity index is 1.75. The highest BCUT2D eigenvalue weighted by Crippen LogP contribution is 2.41. The van der Waals surface area contributed by atoms with E-state index >= 15 is 0 Å². The maximum Gasteiger partial charge on any atom is 0.416 e. The van der Waals surface area contributed by atoms with E-state index in [0.29, 0.717) is 13.1 Å². The summed E-state index contributed by atoms with van der Waals surface area (Å²) in [5.41, 5.74) is 4.61. The zero-order valence-corrected chi connectivity index (χ0v) is 19.5. The molecule has 0 aliphatic carbocycles. The number of hydrogen-bond acceptors (Lipinski definition) is 5. The van der Waals surface area contributed by atoms with Crippen LogP contribution in [0.15, 0.2) is 70.7 Å². The predicted molar refractivity (Wildman–Crippen MR) is 124 cm³/mol. The first-order valence-electron chi connectivity index (χ1n) is 10.6. The van der Waals surface area contributed by atoms with Crippen LogP contribution < -0.4 is 10.7 Å². The Kier molecular flexibility index (Phi) is 6.50. The predicted octanol–water partition coefficient (Wildman–Crippen LogP) is 5.34. The summed E-state index contributed by atoms with van der Waals surface area (Å²) in [6.45, 7) is 5.06. The third-order valence-corrected chi connectivity index (χ3v) is 6.64. The molecule has 4 rings (SSSR count). The van der Waals surface area contributed by atoms with Crippen molar-refractivity contribution in [1.29, 1.82) is 0 Å². The standard InChI is InChI=1S/C24H27F3N4OS/c1-23(2)15-28-19-14-31(13-16-9-11-17(12-10-16)24(25,26)27)22(20(19)21(32)30(3)29-23)33-18-7-5-4-6-8-18/h4-12,14,21,28-29,32H,13,15H2,1-3H3. The number of aliphatic hydroxyl groups is 1. The van der Waals surface area contributed by atoms with Gasteiger partial charge in [0.2, 0.25) is 0 Å². The number of hydrogen-bond donors (Lipinski definition) is 3. The van der Waals surface area contributed by atoms with E-state index in [0.717, 1.165) is 38.9 Å². The third-order valence-electron chi connectivity index (χ3n) is 5.48. The average molecular weight is 477 g/mol. The van der Waals surface area contributed by atoms with Gasteiger partial charge in [-0.15, -0.1) is 0 Å². The summed E-state index contributed by atoms with van der Waals surface area (Å²) in [6.07, 6.45) is -3.36. The van der Waals surface area contributed by atoms with E-state index in [2.05, 4.69) is 10.7 Å². The van der Waals surface area contributed by atoms with Gasteiger partial charge < -0.3 is 15.0 Å². The highest BCUT2D eigenvalue weighted by Gasteiger charge is 2.33. The second-order valence-electron chi connectivity index (χ2n) is 8.83. The van der Waals surface area contributed by atoms with Gasteiger partial charge in [-0.1, -0.05) is 42.1 Å². The number of nitrogens with one attached hydrogen (secondary N) is 2. The molecule has 1 aliphatic rings. The average Bonchev–Trinajstić information content (AvgIpc) is 3.08. The second kappa shape index (κ2) is 9.06. The summed E-state index contributed by atoms with van der Waals surface area (Å²) >= 11 is 1.51. The lowest BCUT2D eigenvalue weighted by molar-refractivity contribution is -0.137. The fourth-order valence-corrected chi connectivity index (χ4v) is 4.94. The smallest absolute Gasteiger partial charge is 0.382 e. The minimum Gasteiger partial charge on any atom is -0.382 e. The van der Waals surface area contributed by atoms with E-state index in [4.69, 9.17) is 0 Å². The van der Waals surface area contributed by atoms with Crippen LogP contribution in [0.25, 0.3) is 0 Å². The van der Waals surface area contributed by atoms with Gasteiger partial charge in [-0.3, -0.25) is 0 Å². The lowest BCUT2D eigenvalue weighted by Crippen LogP contribution is -2.55. The second-order valence-corrected chi connectivity index (χ2v) is 9.90. The van der Waals surface area contributed by atoms with Gasteiger partial charge in [0.15, 0.2) is 0 Å². The molecule has 0 saturated carbocycles. The molecular formula is C24H27F3N4OS. The minimum atomic E-state index is -4.37. The summed E-state index contributed by atoms with van der Waals surface area (Å²) in [4.78, 5) is 0.997. The van der Waals surface area contributed by atoms with Gasteiger partial charge in [0.25, 0.3) is 0 Å². The molecule has 1 aliphatic heterocycles. The number of halogens is 3. The SMILES string of the molecule is CN1NC(C)(C)CNc2cn(Cc3ccc(C(F)(F)F)cc3)c(Sc3ccccc3)c2C1O. The number of aliphatic hydroxyl groups excluding tert-OH is 1. The van der Waals surface area contributed by atoms with Crippen LogP contribution in [0.5, 0.6) is 0 Å². The molecule has 0 fully saturated rings. The van der Waals surface area contributed by atoms with Crippen molar-refractivity contribution >= 4 is 17.4 Å². The van der Waals surface area contributed by atoms with Gasteiger partial charge in [-0.25, -0.2) is 10.4 Å². The van der Waals surface area contributed by atoms with Gasteiger partial charge in [0, 0.05) is 36.8 Å². The Morgan fingerprint density at radius 3 is 2.39 bits per heavy atom. The van der Waals surface area contributed by atoms with Gasteiger partial charge >= 0.3 is 6.18 Å². The molecule has 0 amide bonds. The molecule has 9 heteroatoms. The van der Waals surface area contributed by atoms with E-state index in [-0.39, 0.29) is 5.54 Å². The Morgan fingerprint density at radius 2 is 1.76 bits per heavy atom. The number of hydrazine groups is 1.